The summed E-state index contributed by atoms with van der Waals surface area (Å²) in [5, 5.41) is 12.3. The lowest BCUT2D eigenvalue weighted by atomic mass is 10.2. The van der Waals surface area contributed by atoms with Gasteiger partial charge in [0.1, 0.15) is 11.5 Å². The van der Waals surface area contributed by atoms with E-state index < -0.39 is 0 Å². The molecule has 5 nitrogen and oxygen atoms in total. The van der Waals surface area contributed by atoms with E-state index in [2.05, 4.69) is 10.3 Å². The molecule has 1 amide bonds. The van der Waals surface area contributed by atoms with Crippen LogP contribution in [0.25, 0.3) is 0 Å². The molecular formula is C14H14N2O3. The highest BCUT2D eigenvalue weighted by Gasteiger charge is 2.11. The molecule has 1 aromatic carbocycles. The Hall–Kier alpha value is -2.56. The van der Waals surface area contributed by atoms with Crippen LogP contribution in [-0.2, 0) is 0 Å². The van der Waals surface area contributed by atoms with Crippen molar-refractivity contribution >= 4 is 11.6 Å². The lowest BCUT2D eigenvalue weighted by Crippen LogP contribution is -2.12. The number of aryl methyl sites for hydroxylation is 1. The molecule has 98 valence electrons. The van der Waals surface area contributed by atoms with Crippen molar-refractivity contribution in [3.05, 3.63) is 47.8 Å². The number of pyridine rings is 1. The van der Waals surface area contributed by atoms with Crippen molar-refractivity contribution in [2.24, 2.45) is 0 Å². The van der Waals surface area contributed by atoms with Crippen molar-refractivity contribution in [2.45, 2.75) is 6.92 Å². The lowest BCUT2D eigenvalue weighted by Gasteiger charge is -2.09. The third kappa shape index (κ3) is 2.82. The minimum absolute atomic E-state index is 0.148. The van der Waals surface area contributed by atoms with E-state index in [0.29, 0.717) is 5.69 Å². The van der Waals surface area contributed by atoms with Crippen LogP contribution in [-0.4, -0.2) is 23.1 Å². The monoisotopic (exact) mass is 258 g/mol. The Kier molecular flexibility index (Phi) is 3.66. The fraction of sp³-hybridized carbons (Fsp3) is 0.143. The topological polar surface area (TPSA) is 71.5 Å². The number of aromatic hydroxyl groups is 1. The molecule has 0 aliphatic carbocycles. The van der Waals surface area contributed by atoms with Crippen molar-refractivity contribution in [2.75, 3.05) is 12.4 Å². The molecule has 0 unspecified atom stereocenters. The van der Waals surface area contributed by atoms with Gasteiger partial charge in [-0.15, -0.1) is 0 Å². The van der Waals surface area contributed by atoms with E-state index in [1.54, 1.807) is 25.3 Å². The second kappa shape index (κ2) is 5.39. The fourth-order valence-electron chi connectivity index (χ4n) is 1.73. The van der Waals surface area contributed by atoms with Crippen LogP contribution in [0.2, 0.25) is 0 Å². The Labute approximate surface area is 110 Å². The number of hydrogen-bond acceptors (Lipinski definition) is 4. The molecule has 0 radical (unpaired) electrons. The zero-order valence-corrected chi connectivity index (χ0v) is 10.7. The Morgan fingerprint density at radius 2 is 2.16 bits per heavy atom. The first-order chi connectivity index (χ1) is 9.11. The number of aromatic nitrogens is 1. The quantitative estimate of drug-likeness (QED) is 0.886. The molecule has 5 heteroatoms. The molecule has 0 saturated heterocycles. The second-order valence-corrected chi connectivity index (χ2v) is 4.03. The summed E-state index contributed by atoms with van der Waals surface area (Å²) >= 11 is 0. The summed E-state index contributed by atoms with van der Waals surface area (Å²) < 4.78 is 5.15. The first-order valence-corrected chi connectivity index (χ1v) is 5.71. The fourth-order valence-corrected chi connectivity index (χ4v) is 1.73. The average molecular weight is 258 g/mol. The Balaban J connectivity index is 2.20. The molecule has 0 aliphatic rings. The number of methoxy groups -OCH3 is 1. The zero-order valence-electron chi connectivity index (χ0n) is 10.7. The Morgan fingerprint density at radius 3 is 2.79 bits per heavy atom. The van der Waals surface area contributed by atoms with Crippen LogP contribution in [0.1, 0.15) is 15.9 Å². The van der Waals surface area contributed by atoms with E-state index in [-0.39, 0.29) is 17.2 Å². The van der Waals surface area contributed by atoms with E-state index in [4.69, 9.17) is 4.74 Å². The third-order valence-corrected chi connectivity index (χ3v) is 2.70. The van der Waals surface area contributed by atoms with Crippen LogP contribution >= 0.6 is 0 Å². The maximum absolute atomic E-state index is 12.0. The lowest BCUT2D eigenvalue weighted by molar-refractivity contribution is 0.102. The van der Waals surface area contributed by atoms with Crippen LogP contribution in [0, 0.1) is 6.92 Å². The molecule has 0 aliphatic heterocycles. The summed E-state index contributed by atoms with van der Waals surface area (Å²) in [4.78, 5) is 15.7. The molecule has 0 fully saturated rings. The summed E-state index contributed by atoms with van der Waals surface area (Å²) in [5.74, 6) is 0.222. The van der Waals surface area contributed by atoms with E-state index in [9.17, 15) is 9.90 Å². The maximum Gasteiger partial charge on any atom is 0.259 e. The number of nitrogens with one attached hydrogen (secondary N) is 1. The van der Waals surface area contributed by atoms with Gasteiger partial charge in [-0.2, -0.15) is 0 Å². The molecule has 2 N–H and O–H groups in total. The van der Waals surface area contributed by atoms with Crippen molar-refractivity contribution in [3.63, 3.8) is 0 Å². The minimum atomic E-state index is -0.385. The predicted molar refractivity (Wildman–Crippen MR) is 71.6 cm³/mol. The van der Waals surface area contributed by atoms with Crippen molar-refractivity contribution in [1.29, 1.82) is 0 Å². The third-order valence-electron chi connectivity index (χ3n) is 2.70. The van der Waals surface area contributed by atoms with Crippen molar-refractivity contribution in [1.82, 2.24) is 4.98 Å². The van der Waals surface area contributed by atoms with E-state index in [1.165, 1.54) is 18.5 Å². The average Bonchev–Trinajstić information content (AvgIpc) is 2.39. The van der Waals surface area contributed by atoms with Gasteiger partial charge < -0.3 is 15.2 Å². The van der Waals surface area contributed by atoms with Gasteiger partial charge in [0, 0.05) is 11.9 Å². The molecule has 1 aromatic heterocycles. The predicted octanol–water partition coefficient (Wildman–Crippen LogP) is 2.36. The SMILES string of the molecule is COc1ccc(NC(=O)c2ccncc2O)cc1C. The molecule has 0 saturated carbocycles. The van der Waals surface area contributed by atoms with Gasteiger partial charge in [0.05, 0.1) is 18.9 Å². The van der Waals surface area contributed by atoms with Crippen molar-refractivity contribution in [3.8, 4) is 11.5 Å². The van der Waals surface area contributed by atoms with Crippen LogP contribution in [0.3, 0.4) is 0 Å². The molecule has 2 aromatic rings. The van der Waals surface area contributed by atoms with Crippen LogP contribution < -0.4 is 10.1 Å². The number of anilines is 1. The van der Waals surface area contributed by atoms with E-state index in [0.717, 1.165) is 11.3 Å². The largest absolute Gasteiger partial charge is 0.505 e. The second-order valence-electron chi connectivity index (χ2n) is 4.03. The number of carbonyl (C=O) groups excluding carboxylic acids is 1. The van der Waals surface area contributed by atoms with Crippen LogP contribution in [0.4, 0.5) is 5.69 Å². The molecule has 0 atom stereocenters. The summed E-state index contributed by atoms with van der Waals surface area (Å²) in [6.07, 6.45) is 2.68. The van der Waals surface area contributed by atoms with Gasteiger partial charge in [0.15, 0.2) is 0 Å². The van der Waals surface area contributed by atoms with E-state index >= 15 is 0 Å². The molecule has 0 spiro atoms. The number of nitrogens with zero attached hydrogens (tertiary/aromatic N) is 1. The first-order valence-electron chi connectivity index (χ1n) is 5.71. The summed E-state index contributed by atoms with van der Waals surface area (Å²) in [7, 11) is 1.59. The number of ether oxygens (including phenoxy) is 1. The number of carbonyl (C=O) groups is 1. The Morgan fingerprint density at radius 1 is 1.37 bits per heavy atom. The van der Waals surface area contributed by atoms with Gasteiger partial charge in [0.2, 0.25) is 0 Å². The number of hydrogen-bond donors (Lipinski definition) is 2. The van der Waals surface area contributed by atoms with Crippen LogP contribution in [0.15, 0.2) is 36.7 Å². The molecule has 1 heterocycles. The summed E-state index contributed by atoms with van der Waals surface area (Å²) in [6, 6.07) is 6.77. The standard InChI is InChI=1S/C14H14N2O3/c1-9-7-10(3-4-13(9)19-2)16-14(18)11-5-6-15-8-12(11)17/h3-8,17H,1-2H3,(H,16,18). The maximum atomic E-state index is 12.0. The van der Waals surface area contributed by atoms with Crippen molar-refractivity contribution < 1.29 is 14.6 Å². The van der Waals surface area contributed by atoms with Gasteiger partial charge >= 0.3 is 0 Å². The van der Waals surface area contributed by atoms with Gasteiger partial charge in [-0.3, -0.25) is 9.78 Å². The smallest absolute Gasteiger partial charge is 0.259 e. The highest BCUT2D eigenvalue weighted by atomic mass is 16.5. The number of amides is 1. The summed E-state index contributed by atoms with van der Waals surface area (Å²) in [6.45, 7) is 1.89. The number of benzene rings is 1. The highest BCUT2D eigenvalue weighted by molar-refractivity contribution is 6.06. The van der Waals surface area contributed by atoms with Gasteiger partial charge in [-0.1, -0.05) is 0 Å². The van der Waals surface area contributed by atoms with Gasteiger partial charge in [-0.05, 0) is 36.8 Å². The minimum Gasteiger partial charge on any atom is -0.505 e. The molecule has 19 heavy (non-hydrogen) atoms. The van der Waals surface area contributed by atoms with Gasteiger partial charge in [-0.25, -0.2) is 0 Å². The van der Waals surface area contributed by atoms with Gasteiger partial charge in [0.25, 0.3) is 5.91 Å². The summed E-state index contributed by atoms with van der Waals surface area (Å²) in [5.41, 5.74) is 1.74. The van der Waals surface area contributed by atoms with E-state index in [1.807, 2.05) is 6.92 Å². The molecule has 2 rings (SSSR count). The highest BCUT2D eigenvalue weighted by Crippen LogP contribution is 2.22. The first kappa shape index (κ1) is 12.9. The molecular weight excluding hydrogens is 244 g/mol. The number of rotatable bonds is 3. The Bertz CT molecular complexity index is 611. The normalized spacial score (nSPS) is 10.0. The molecule has 0 bridgehead atoms. The van der Waals surface area contributed by atoms with Crippen LogP contribution in [0.5, 0.6) is 11.5 Å². The zero-order chi connectivity index (χ0) is 13.8.